The molecule has 0 saturated heterocycles. The van der Waals surface area contributed by atoms with E-state index < -0.39 is 17.7 Å². The number of aliphatic carboxylic acids is 1. The first-order chi connectivity index (χ1) is 14.7. The van der Waals surface area contributed by atoms with E-state index in [4.69, 9.17) is 9.84 Å². The number of hydrogen-bond acceptors (Lipinski definition) is 2. The number of hydrogen-bond donors (Lipinski definition) is 1. The molecule has 0 aliphatic heterocycles. The normalized spacial score (nSPS) is 26.5. The molecule has 0 aromatic heterocycles. The molecule has 2 aliphatic rings. The Bertz CT molecular complexity index is 939. The van der Waals surface area contributed by atoms with Crippen molar-refractivity contribution in [2.24, 2.45) is 17.8 Å². The highest BCUT2D eigenvalue weighted by Gasteiger charge is 2.38. The van der Waals surface area contributed by atoms with E-state index in [1.807, 2.05) is 6.07 Å². The minimum Gasteiger partial charge on any atom is -0.490 e. The third kappa shape index (κ3) is 4.99. The van der Waals surface area contributed by atoms with Gasteiger partial charge < -0.3 is 9.84 Å². The Morgan fingerprint density at radius 2 is 1.77 bits per heavy atom. The van der Waals surface area contributed by atoms with Gasteiger partial charge in [0, 0.05) is 0 Å². The third-order valence-electron chi connectivity index (χ3n) is 7.01. The van der Waals surface area contributed by atoms with Crippen LogP contribution in [0, 0.1) is 17.8 Å². The highest BCUT2D eigenvalue weighted by Crippen LogP contribution is 2.43. The molecule has 0 radical (unpaired) electrons. The van der Waals surface area contributed by atoms with Crippen molar-refractivity contribution >= 4 is 16.7 Å². The van der Waals surface area contributed by atoms with E-state index in [2.05, 4.69) is 6.92 Å². The lowest BCUT2D eigenvalue weighted by atomic mass is 9.72. The van der Waals surface area contributed by atoms with Gasteiger partial charge in [-0.3, -0.25) is 4.79 Å². The Morgan fingerprint density at radius 3 is 2.42 bits per heavy atom. The highest BCUT2D eigenvalue weighted by molar-refractivity contribution is 5.89. The minimum absolute atomic E-state index is 0.0694. The summed E-state index contributed by atoms with van der Waals surface area (Å²) in [6, 6.07) is 8.43. The summed E-state index contributed by atoms with van der Waals surface area (Å²) in [6.07, 6.45) is 1.63. The van der Waals surface area contributed by atoms with Crippen molar-refractivity contribution in [2.75, 3.05) is 0 Å². The summed E-state index contributed by atoms with van der Waals surface area (Å²) >= 11 is 0. The van der Waals surface area contributed by atoms with Gasteiger partial charge in [-0.15, -0.1) is 0 Å². The molecule has 6 heteroatoms. The van der Waals surface area contributed by atoms with Gasteiger partial charge in [-0.25, -0.2) is 0 Å². The molecule has 31 heavy (non-hydrogen) atoms. The van der Waals surface area contributed by atoms with Crippen LogP contribution >= 0.6 is 0 Å². The summed E-state index contributed by atoms with van der Waals surface area (Å²) < 4.78 is 48.2. The van der Waals surface area contributed by atoms with Gasteiger partial charge in [0.25, 0.3) is 0 Å². The van der Waals surface area contributed by atoms with Gasteiger partial charge in [0.2, 0.25) is 0 Å². The zero-order valence-corrected chi connectivity index (χ0v) is 17.8. The lowest BCUT2D eigenvalue weighted by Crippen LogP contribution is -2.30. The molecular weight excluding hydrogens is 405 g/mol. The standard InChI is InChI=1S/C25H29F3O3/c1-15-2-9-20(10-3-15)31-22-11-8-18-7-6-16(14-21(18)23(22)25(26,27)28)4-5-17-12-19(13-17)24(29)30/h6-8,11,14-15,17,19-20H,2-5,9-10,12-13H2,1H3,(H,29,30). The van der Waals surface area contributed by atoms with Crippen LogP contribution in [0.25, 0.3) is 10.8 Å². The first-order valence-corrected chi connectivity index (χ1v) is 11.2. The van der Waals surface area contributed by atoms with Gasteiger partial charge in [0.15, 0.2) is 0 Å². The molecule has 2 aliphatic carbocycles. The molecule has 0 heterocycles. The molecular formula is C25H29F3O3. The maximum absolute atomic E-state index is 14.1. The summed E-state index contributed by atoms with van der Waals surface area (Å²) in [5, 5.41) is 9.73. The van der Waals surface area contributed by atoms with E-state index in [1.165, 1.54) is 6.07 Å². The number of alkyl halides is 3. The smallest absolute Gasteiger partial charge is 0.420 e. The fourth-order valence-electron chi connectivity index (χ4n) is 4.96. The van der Waals surface area contributed by atoms with Crippen LogP contribution in [0.15, 0.2) is 30.3 Å². The van der Waals surface area contributed by atoms with E-state index in [9.17, 15) is 18.0 Å². The number of carboxylic acid groups (broad SMARTS) is 1. The zero-order valence-electron chi connectivity index (χ0n) is 17.8. The molecule has 0 spiro atoms. The molecule has 0 amide bonds. The van der Waals surface area contributed by atoms with Crippen molar-refractivity contribution in [3.63, 3.8) is 0 Å². The summed E-state index contributed by atoms with van der Waals surface area (Å²) in [5.74, 6) is -0.151. The summed E-state index contributed by atoms with van der Waals surface area (Å²) in [5.41, 5.74) is 0.167. The Balaban J connectivity index is 1.55. The number of carboxylic acids is 1. The Morgan fingerprint density at radius 1 is 1.10 bits per heavy atom. The molecule has 2 fully saturated rings. The Labute approximate surface area is 180 Å². The second-order valence-electron chi connectivity index (χ2n) is 9.40. The molecule has 0 atom stereocenters. The van der Waals surface area contributed by atoms with Crippen molar-refractivity contribution in [1.29, 1.82) is 0 Å². The van der Waals surface area contributed by atoms with E-state index >= 15 is 0 Å². The first-order valence-electron chi connectivity index (χ1n) is 11.2. The number of ether oxygens (including phenoxy) is 1. The second-order valence-corrected chi connectivity index (χ2v) is 9.40. The lowest BCUT2D eigenvalue weighted by molar-refractivity contribution is -0.146. The number of fused-ring (bicyclic) bond motifs is 1. The molecule has 168 valence electrons. The van der Waals surface area contributed by atoms with Gasteiger partial charge in [-0.2, -0.15) is 13.2 Å². The number of aryl methyl sites for hydroxylation is 1. The van der Waals surface area contributed by atoms with Gasteiger partial charge >= 0.3 is 12.1 Å². The molecule has 2 aromatic carbocycles. The average molecular weight is 434 g/mol. The first kappa shape index (κ1) is 22.0. The van der Waals surface area contributed by atoms with Gasteiger partial charge in [-0.1, -0.05) is 31.2 Å². The van der Waals surface area contributed by atoms with Crippen LogP contribution in [-0.4, -0.2) is 17.2 Å². The summed E-state index contributed by atoms with van der Waals surface area (Å²) in [7, 11) is 0. The monoisotopic (exact) mass is 434 g/mol. The predicted molar refractivity (Wildman–Crippen MR) is 113 cm³/mol. The van der Waals surface area contributed by atoms with Crippen LogP contribution < -0.4 is 4.74 Å². The van der Waals surface area contributed by atoms with Crippen LogP contribution in [0.2, 0.25) is 0 Å². The van der Waals surface area contributed by atoms with E-state index in [0.29, 0.717) is 36.5 Å². The third-order valence-corrected chi connectivity index (χ3v) is 7.01. The maximum Gasteiger partial charge on any atom is 0.420 e. The molecule has 2 saturated carbocycles. The largest absolute Gasteiger partial charge is 0.490 e. The van der Waals surface area contributed by atoms with Gasteiger partial charge in [0.05, 0.1) is 12.0 Å². The van der Waals surface area contributed by atoms with Crippen LogP contribution in [0.4, 0.5) is 13.2 Å². The van der Waals surface area contributed by atoms with E-state index in [-0.39, 0.29) is 23.2 Å². The van der Waals surface area contributed by atoms with Gasteiger partial charge in [0.1, 0.15) is 11.3 Å². The van der Waals surface area contributed by atoms with Crippen LogP contribution in [0.5, 0.6) is 5.75 Å². The number of rotatable bonds is 6. The SMILES string of the molecule is CC1CCC(Oc2ccc3ccc(CCC4CC(C(=O)O)C4)cc3c2C(F)(F)F)CC1. The van der Waals surface area contributed by atoms with Crippen LogP contribution in [-0.2, 0) is 17.4 Å². The maximum atomic E-state index is 14.1. The predicted octanol–water partition coefficient (Wildman–Crippen LogP) is 6.86. The lowest BCUT2D eigenvalue weighted by Gasteiger charge is -2.32. The molecule has 2 aromatic rings. The molecule has 4 rings (SSSR count). The van der Waals surface area contributed by atoms with Crippen LogP contribution in [0.3, 0.4) is 0 Å². The quantitative estimate of drug-likeness (QED) is 0.540. The fraction of sp³-hybridized carbons (Fsp3) is 0.560. The van der Waals surface area contributed by atoms with E-state index in [0.717, 1.165) is 37.7 Å². The van der Waals surface area contributed by atoms with Crippen molar-refractivity contribution in [3.05, 3.63) is 41.5 Å². The minimum atomic E-state index is -4.50. The number of benzene rings is 2. The summed E-state index contributed by atoms with van der Waals surface area (Å²) in [4.78, 5) is 11.0. The number of halogens is 3. The van der Waals surface area contributed by atoms with E-state index in [1.54, 1.807) is 18.2 Å². The Kier molecular flexibility index (Phi) is 6.18. The fourth-order valence-corrected chi connectivity index (χ4v) is 4.96. The molecule has 0 bridgehead atoms. The number of carbonyl (C=O) groups is 1. The molecule has 1 N–H and O–H groups in total. The van der Waals surface area contributed by atoms with Crippen molar-refractivity contribution < 1.29 is 27.8 Å². The highest BCUT2D eigenvalue weighted by atomic mass is 19.4. The van der Waals surface area contributed by atoms with Crippen molar-refractivity contribution in [2.45, 2.75) is 70.6 Å². The molecule has 3 nitrogen and oxygen atoms in total. The van der Waals surface area contributed by atoms with Crippen LogP contribution in [0.1, 0.15) is 63.0 Å². The van der Waals surface area contributed by atoms with Crippen molar-refractivity contribution in [3.8, 4) is 5.75 Å². The molecule has 0 unspecified atom stereocenters. The topological polar surface area (TPSA) is 46.5 Å². The zero-order chi connectivity index (χ0) is 22.2. The second kappa shape index (κ2) is 8.71. The van der Waals surface area contributed by atoms with Gasteiger partial charge in [-0.05, 0) is 85.6 Å². The average Bonchev–Trinajstić information content (AvgIpc) is 2.67. The van der Waals surface area contributed by atoms with Crippen molar-refractivity contribution in [1.82, 2.24) is 0 Å². The Hall–Kier alpha value is -2.24. The summed E-state index contributed by atoms with van der Waals surface area (Å²) in [6.45, 7) is 2.17.